The molecule has 0 spiro atoms. The van der Waals surface area contributed by atoms with Crippen LogP contribution in [0.2, 0.25) is 5.02 Å². The SMILES string of the molecule is COC(=O)CCCC=CCN1C(=O)CC[C@@H]1C=CC(CCc1sc2ccccc2c1Cl)O[C@@H]1OC(COC(C)=O)[C@@H](OC(C)=O)[C@H](OC(C)=O)C1OC(C)=O. The van der Waals surface area contributed by atoms with Crippen molar-refractivity contribution in [2.75, 3.05) is 20.3 Å². The number of esters is 5. The van der Waals surface area contributed by atoms with Gasteiger partial charge in [-0.1, -0.05) is 54.1 Å². The van der Waals surface area contributed by atoms with Crippen LogP contribution >= 0.6 is 22.9 Å². The number of unbranched alkanes of at least 4 members (excludes halogenated alkanes) is 1. The van der Waals surface area contributed by atoms with E-state index in [1.165, 1.54) is 14.0 Å². The number of ether oxygens (including phenoxy) is 7. The molecule has 14 nitrogen and oxygen atoms in total. The molecule has 300 valence electrons. The molecule has 3 heterocycles. The summed E-state index contributed by atoms with van der Waals surface area (Å²) in [5.74, 6) is -3.17. The van der Waals surface area contributed by atoms with Gasteiger partial charge >= 0.3 is 29.8 Å². The maximum atomic E-state index is 12.9. The van der Waals surface area contributed by atoms with Gasteiger partial charge in [0, 0.05) is 62.0 Å². The number of carbonyl (C=O) groups excluding carboxylic acids is 6. The predicted octanol–water partition coefficient (Wildman–Crippen LogP) is 5.40. The number of hydrogen-bond donors (Lipinski definition) is 0. The van der Waals surface area contributed by atoms with Crippen LogP contribution in [0.1, 0.15) is 71.1 Å². The molecule has 1 aromatic heterocycles. The Morgan fingerprint density at radius 2 is 1.65 bits per heavy atom. The van der Waals surface area contributed by atoms with Gasteiger partial charge in [0.05, 0.1) is 24.3 Å². The van der Waals surface area contributed by atoms with E-state index in [0.29, 0.717) is 56.5 Å². The number of amides is 1. The molecule has 1 amide bonds. The zero-order valence-corrected chi connectivity index (χ0v) is 33.1. The van der Waals surface area contributed by atoms with Gasteiger partial charge in [-0.2, -0.15) is 0 Å². The molecule has 0 radical (unpaired) electrons. The highest BCUT2D eigenvalue weighted by atomic mass is 35.5. The van der Waals surface area contributed by atoms with Crippen LogP contribution in [0.4, 0.5) is 0 Å². The van der Waals surface area contributed by atoms with Crippen molar-refractivity contribution in [1.29, 1.82) is 0 Å². The number of fused-ring (bicyclic) bond motifs is 1. The van der Waals surface area contributed by atoms with Crippen LogP contribution in [0.3, 0.4) is 0 Å². The van der Waals surface area contributed by atoms with Crippen LogP contribution in [0.5, 0.6) is 0 Å². The first-order chi connectivity index (χ1) is 26.3. The number of carbonyl (C=O) groups is 6. The first kappa shape index (κ1) is 43.4. The summed E-state index contributed by atoms with van der Waals surface area (Å²) >= 11 is 8.35. The number of aryl methyl sites for hydroxylation is 1. The number of allylic oxidation sites excluding steroid dienone is 1. The van der Waals surface area contributed by atoms with Crippen molar-refractivity contribution >= 4 is 68.8 Å². The lowest BCUT2D eigenvalue weighted by Crippen LogP contribution is -2.63. The Morgan fingerprint density at radius 3 is 2.33 bits per heavy atom. The van der Waals surface area contributed by atoms with E-state index in [9.17, 15) is 28.8 Å². The highest BCUT2D eigenvalue weighted by Crippen LogP contribution is 2.37. The Kier molecular flexibility index (Phi) is 16.7. The van der Waals surface area contributed by atoms with Crippen LogP contribution in [-0.2, 0) is 68.3 Å². The quantitative estimate of drug-likeness (QED) is 0.0813. The maximum absolute atomic E-state index is 12.9. The van der Waals surface area contributed by atoms with Gasteiger partial charge < -0.3 is 38.1 Å². The molecule has 16 heteroatoms. The normalized spacial score (nSPS) is 23.2. The largest absolute Gasteiger partial charge is 0.469 e. The van der Waals surface area contributed by atoms with Gasteiger partial charge in [0.2, 0.25) is 5.91 Å². The average molecular weight is 806 g/mol. The van der Waals surface area contributed by atoms with Crippen molar-refractivity contribution in [2.45, 2.75) is 115 Å². The fourth-order valence-electron chi connectivity index (χ4n) is 6.40. The smallest absolute Gasteiger partial charge is 0.305 e. The number of methoxy groups -OCH3 is 1. The van der Waals surface area contributed by atoms with E-state index in [0.717, 1.165) is 35.7 Å². The zero-order valence-electron chi connectivity index (χ0n) is 31.6. The monoisotopic (exact) mass is 805 g/mol. The molecule has 2 aromatic rings. The minimum atomic E-state index is -1.41. The third kappa shape index (κ3) is 12.9. The van der Waals surface area contributed by atoms with Crippen molar-refractivity contribution < 1.29 is 61.9 Å². The van der Waals surface area contributed by atoms with Gasteiger partial charge in [0.25, 0.3) is 0 Å². The van der Waals surface area contributed by atoms with Gasteiger partial charge in [-0.25, -0.2) is 0 Å². The van der Waals surface area contributed by atoms with Crippen molar-refractivity contribution in [3.8, 4) is 0 Å². The third-order valence-corrected chi connectivity index (χ3v) is 10.7. The summed E-state index contributed by atoms with van der Waals surface area (Å²) in [6.45, 7) is 4.62. The molecule has 4 rings (SSSR count). The lowest BCUT2D eigenvalue weighted by molar-refractivity contribution is -0.314. The molecule has 7 atom stereocenters. The van der Waals surface area contributed by atoms with E-state index >= 15 is 0 Å². The number of likely N-dealkylation sites (tertiary alicyclic amines) is 1. The first-order valence-electron chi connectivity index (χ1n) is 18.1. The Balaban J connectivity index is 1.64. The molecule has 0 bridgehead atoms. The summed E-state index contributed by atoms with van der Waals surface area (Å²) in [5, 5.41) is 1.55. The first-order valence-corrected chi connectivity index (χ1v) is 19.3. The molecular formula is C39H48ClNO13S. The molecule has 0 N–H and O–H groups in total. The lowest BCUT2D eigenvalue weighted by atomic mass is 9.98. The van der Waals surface area contributed by atoms with Crippen molar-refractivity contribution in [3.63, 3.8) is 0 Å². The number of halogens is 1. The Morgan fingerprint density at radius 1 is 0.964 bits per heavy atom. The topological polar surface area (TPSA) is 170 Å². The molecule has 1 aromatic carbocycles. The number of rotatable bonds is 18. The van der Waals surface area contributed by atoms with E-state index in [2.05, 4.69) is 4.74 Å². The highest BCUT2D eigenvalue weighted by Gasteiger charge is 2.53. The predicted molar refractivity (Wildman–Crippen MR) is 201 cm³/mol. The highest BCUT2D eigenvalue weighted by molar-refractivity contribution is 7.19. The fourth-order valence-corrected chi connectivity index (χ4v) is 7.94. The zero-order chi connectivity index (χ0) is 40.1. The van der Waals surface area contributed by atoms with Crippen molar-refractivity contribution in [1.82, 2.24) is 4.90 Å². The number of benzene rings is 1. The standard InChI is InChI=1S/C39H48ClNO13S/c1-23(42)49-22-30-36(50-24(2)43)37(51-25(3)44)38(52-26(4)45)39(54-30)53-28(18-19-32-35(40)29-12-9-10-13-31(29)55-32)17-15-27-16-20-33(46)41(27)21-11-7-6-8-14-34(47)48-5/h7,9-13,15,17,27-28,30,36-39H,6,8,14,16,18-22H2,1-5H3/t27-,28?,30?,36+,37-,38?,39+/m0/s1. The Bertz CT molecular complexity index is 1740. The van der Waals surface area contributed by atoms with Crippen LogP contribution in [-0.4, -0.2) is 104 Å². The van der Waals surface area contributed by atoms with Gasteiger partial charge in [0.15, 0.2) is 24.6 Å². The number of hydrogen-bond acceptors (Lipinski definition) is 14. The van der Waals surface area contributed by atoms with Crippen LogP contribution in [0.25, 0.3) is 10.1 Å². The van der Waals surface area contributed by atoms with Gasteiger partial charge in [-0.3, -0.25) is 28.8 Å². The van der Waals surface area contributed by atoms with E-state index in [1.807, 2.05) is 48.6 Å². The van der Waals surface area contributed by atoms with Gasteiger partial charge in [0.1, 0.15) is 12.7 Å². The summed E-state index contributed by atoms with van der Waals surface area (Å²) in [6.07, 6.45) is 3.42. The van der Waals surface area contributed by atoms with Crippen molar-refractivity contribution in [3.05, 3.63) is 58.5 Å². The Hall–Kier alpha value is -4.31. The summed E-state index contributed by atoms with van der Waals surface area (Å²) in [7, 11) is 1.35. The summed E-state index contributed by atoms with van der Waals surface area (Å²) < 4.78 is 40.5. The summed E-state index contributed by atoms with van der Waals surface area (Å²) in [6, 6.07) is 7.52. The summed E-state index contributed by atoms with van der Waals surface area (Å²) in [5.41, 5.74) is 0. The van der Waals surface area contributed by atoms with E-state index in [-0.39, 0.29) is 17.9 Å². The van der Waals surface area contributed by atoms with Gasteiger partial charge in [-0.05, 0) is 38.2 Å². The molecule has 3 unspecified atom stereocenters. The van der Waals surface area contributed by atoms with Crippen LogP contribution < -0.4 is 0 Å². The molecule has 2 fully saturated rings. The maximum Gasteiger partial charge on any atom is 0.305 e. The molecular weight excluding hydrogens is 758 g/mol. The van der Waals surface area contributed by atoms with E-state index in [4.69, 9.17) is 40.0 Å². The molecule has 0 aliphatic carbocycles. The Labute approximate surface area is 329 Å². The molecule has 55 heavy (non-hydrogen) atoms. The fraction of sp³-hybridized carbons (Fsp3) is 0.538. The molecule has 2 aliphatic rings. The second-order valence-electron chi connectivity index (χ2n) is 13.1. The minimum absolute atomic E-state index is 0.0111. The second kappa shape index (κ2) is 21.1. The molecule has 2 aliphatic heterocycles. The molecule has 2 saturated heterocycles. The van der Waals surface area contributed by atoms with Crippen LogP contribution in [0, 0.1) is 0 Å². The van der Waals surface area contributed by atoms with Crippen molar-refractivity contribution in [2.24, 2.45) is 0 Å². The lowest BCUT2D eigenvalue weighted by Gasteiger charge is -2.44. The average Bonchev–Trinajstić information content (AvgIpc) is 3.65. The van der Waals surface area contributed by atoms with Crippen LogP contribution in [0.15, 0.2) is 48.6 Å². The van der Waals surface area contributed by atoms with E-state index < -0.39 is 67.3 Å². The van der Waals surface area contributed by atoms with E-state index in [1.54, 1.807) is 16.2 Å². The van der Waals surface area contributed by atoms with Gasteiger partial charge in [-0.15, -0.1) is 11.3 Å². The minimum Gasteiger partial charge on any atom is -0.469 e. The molecule has 0 saturated carbocycles. The summed E-state index contributed by atoms with van der Waals surface area (Å²) in [4.78, 5) is 75.8. The number of thiophene rings is 1. The third-order valence-electron chi connectivity index (χ3n) is 8.89. The number of nitrogens with zero attached hydrogens (tertiary/aromatic N) is 1. The second-order valence-corrected chi connectivity index (χ2v) is 14.6.